The highest BCUT2D eigenvalue weighted by molar-refractivity contribution is 5.81. The van der Waals surface area contributed by atoms with Crippen molar-refractivity contribution in [3.8, 4) is 0 Å². The number of aromatic nitrogens is 3. The lowest BCUT2D eigenvalue weighted by atomic mass is 10.7. The first-order chi connectivity index (χ1) is 6.54. The second-order valence-electron chi connectivity index (χ2n) is 2.10. The van der Waals surface area contributed by atoms with Gasteiger partial charge < -0.3 is 4.84 Å². The fraction of sp³-hybridized carbons (Fsp3) is 0. The third-order valence-corrected chi connectivity index (χ3v) is 1.16. The van der Waals surface area contributed by atoms with Crippen LogP contribution in [0.5, 0.6) is 0 Å². The zero-order valence-electron chi connectivity index (χ0n) is 6.77. The maximum absolute atomic E-state index is 10.9. The van der Waals surface area contributed by atoms with E-state index in [0.717, 1.165) is 6.08 Å². The number of hydrogen-bond donors (Lipinski definition) is 2. The van der Waals surface area contributed by atoms with Gasteiger partial charge in [-0.3, -0.25) is 9.97 Å². The van der Waals surface area contributed by atoms with Gasteiger partial charge in [0.1, 0.15) is 0 Å². The molecule has 0 aliphatic carbocycles. The van der Waals surface area contributed by atoms with Crippen molar-refractivity contribution in [2.45, 2.75) is 0 Å². The predicted molar refractivity (Wildman–Crippen MR) is 43.7 cm³/mol. The van der Waals surface area contributed by atoms with Crippen LogP contribution in [0.2, 0.25) is 0 Å². The van der Waals surface area contributed by atoms with Crippen LogP contribution in [0.15, 0.2) is 27.0 Å². The number of aromatic amines is 2. The van der Waals surface area contributed by atoms with Gasteiger partial charge >= 0.3 is 23.0 Å². The summed E-state index contributed by atoms with van der Waals surface area (Å²) in [6.07, 6.45) is 0.761. The van der Waals surface area contributed by atoms with E-state index in [1.54, 1.807) is 9.97 Å². The molecule has 0 amide bonds. The normalized spacial score (nSPS) is 9.43. The molecule has 8 heteroatoms. The molecular weight excluding hydrogens is 194 g/mol. The molecule has 0 saturated heterocycles. The van der Waals surface area contributed by atoms with Crippen molar-refractivity contribution >= 4 is 5.97 Å². The second-order valence-corrected chi connectivity index (χ2v) is 2.10. The molecule has 8 nitrogen and oxygen atoms in total. The van der Waals surface area contributed by atoms with Crippen molar-refractivity contribution in [3.63, 3.8) is 0 Å². The Balaban J connectivity index is 3.29. The highest BCUT2D eigenvalue weighted by Crippen LogP contribution is 1.67. The fourth-order valence-electron chi connectivity index (χ4n) is 0.629. The summed E-state index contributed by atoms with van der Waals surface area (Å²) in [7, 11) is 0. The average molecular weight is 199 g/mol. The highest BCUT2D eigenvalue weighted by Gasteiger charge is 2.06. The van der Waals surface area contributed by atoms with Crippen molar-refractivity contribution in [2.24, 2.45) is 0 Å². The molecular formula is C6H5N3O5. The van der Waals surface area contributed by atoms with Crippen molar-refractivity contribution < 1.29 is 9.63 Å². The van der Waals surface area contributed by atoms with E-state index in [9.17, 15) is 19.2 Å². The number of nitrogens with one attached hydrogen (secondary N) is 2. The molecule has 2 N–H and O–H groups in total. The summed E-state index contributed by atoms with van der Waals surface area (Å²) in [5.41, 5.74) is -3.27. The van der Waals surface area contributed by atoms with Crippen LogP contribution < -0.4 is 21.9 Å². The van der Waals surface area contributed by atoms with E-state index < -0.39 is 23.0 Å². The molecule has 0 radical (unpaired) electrons. The first-order valence-corrected chi connectivity index (χ1v) is 3.35. The van der Waals surface area contributed by atoms with E-state index in [0.29, 0.717) is 0 Å². The minimum Gasteiger partial charge on any atom is -0.322 e. The minimum atomic E-state index is -1.14. The van der Waals surface area contributed by atoms with Crippen LogP contribution in [0.3, 0.4) is 0 Å². The molecule has 0 spiro atoms. The Morgan fingerprint density at radius 2 is 1.79 bits per heavy atom. The minimum absolute atomic E-state index is 0.0748. The Labute approximate surface area is 75.4 Å². The number of nitrogens with zero attached hydrogens (tertiary/aromatic N) is 1. The number of carbonyl (C=O) groups is 1. The molecule has 0 aliphatic rings. The van der Waals surface area contributed by atoms with Crippen molar-refractivity contribution in [1.29, 1.82) is 0 Å². The number of hydrogen-bond acceptors (Lipinski definition) is 5. The van der Waals surface area contributed by atoms with Crippen LogP contribution in [0.1, 0.15) is 0 Å². The summed E-state index contributed by atoms with van der Waals surface area (Å²) >= 11 is 0. The molecule has 0 bridgehead atoms. The maximum atomic E-state index is 10.9. The van der Waals surface area contributed by atoms with Gasteiger partial charge in [0.05, 0.1) is 0 Å². The van der Waals surface area contributed by atoms with Crippen molar-refractivity contribution in [1.82, 2.24) is 14.7 Å². The molecule has 14 heavy (non-hydrogen) atoms. The molecule has 0 fully saturated rings. The van der Waals surface area contributed by atoms with Gasteiger partial charge in [-0.15, -0.1) is 0 Å². The standard InChI is InChI=1S/C6H5N3O5/c1-2-3(10)14-9-5(12)7-4(11)8-6(9)13/h2H,1H2,(H2,7,8,11,12,13). The summed E-state index contributed by atoms with van der Waals surface area (Å²) < 4.78 is 0.0748. The number of rotatable bonds is 2. The molecule has 1 rings (SSSR count). The zero-order valence-corrected chi connectivity index (χ0v) is 6.77. The molecule has 1 heterocycles. The van der Waals surface area contributed by atoms with E-state index in [1.165, 1.54) is 0 Å². The van der Waals surface area contributed by atoms with Crippen LogP contribution in [-0.2, 0) is 4.79 Å². The summed E-state index contributed by atoms with van der Waals surface area (Å²) in [5.74, 6) is -0.996. The van der Waals surface area contributed by atoms with Gasteiger partial charge in [-0.2, -0.15) is 0 Å². The Morgan fingerprint density at radius 3 is 2.21 bits per heavy atom. The van der Waals surface area contributed by atoms with Crippen molar-refractivity contribution in [2.75, 3.05) is 0 Å². The topological polar surface area (TPSA) is 114 Å². The summed E-state index contributed by atoms with van der Waals surface area (Å²) in [6.45, 7) is 3.06. The van der Waals surface area contributed by atoms with Gasteiger partial charge in [-0.05, 0) is 0 Å². The third-order valence-electron chi connectivity index (χ3n) is 1.16. The zero-order chi connectivity index (χ0) is 10.7. The fourth-order valence-corrected chi connectivity index (χ4v) is 0.629. The molecule has 0 saturated carbocycles. The Kier molecular flexibility index (Phi) is 2.47. The van der Waals surface area contributed by atoms with Crippen LogP contribution >= 0.6 is 0 Å². The van der Waals surface area contributed by atoms with E-state index in [4.69, 9.17) is 0 Å². The average Bonchev–Trinajstić information content (AvgIpc) is 2.10. The lowest BCUT2D eigenvalue weighted by molar-refractivity contribution is -0.139. The third kappa shape index (κ3) is 1.86. The van der Waals surface area contributed by atoms with Gasteiger partial charge in [-0.1, -0.05) is 11.3 Å². The lowest BCUT2D eigenvalue weighted by Crippen LogP contribution is -2.47. The van der Waals surface area contributed by atoms with E-state index in [1.807, 2.05) is 0 Å². The summed E-state index contributed by atoms with van der Waals surface area (Å²) in [5, 5.41) is 0. The first kappa shape index (κ1) is 9.71. The van der Waals surface area contributed by atoms with Gasteiger partial charge in [0, 0.05) is 6.08 Å². The second kappa shape index (κ2) is 3.56. The first-order valence-electron chi connectivity index (χ1n) is 3.35. The molecule has 0 aliphatic heterocycles. The van der Waals surface area contributed by atoms with E-state index in [2.05, 4.69) is 11.4 Å². The summed E-state index contributed by atoms with van der Waals surface area (Å²) in [6, 6.07) is 0. The van der Waals surface area contributed by atoms with Gasteiger partial charge in [0.25, 0.3) is 0 Å². The Bertz CT molecular complexity index is 499. The molecule has 0 unspecified atom stereocenters. The number of H-pyrrole nitrogens is 2. The predicted octanol–water partition coefficient (Wildman–Crippen LogP) is -2.63. The Morgan fingerprint density at radius 1 is 1.29 bits per heavy atom. The SMILES string of the molecule is C=CC(=O)On1c(=O)[nH]c(=O)[nH]c1=O. The molecule has 0 atom stereocenters. The smallest absolute Gasteiger partial charge is 0.322 e. The van der Waals surface area contributed by atoms with Gasteiger partial charge in [-0.25, -0.2) is 19.2 Å². The van der Waals surface area contributed by atoms with Crippen molar-refractivity contribution in [3.05, 3.63) is 44.1 Å². The maximum Gasteiger partial charge on any atom is 0.367 e. The molecule has 0 aromatic carbocycles. The van der Waals surface area contributed by atoms with Crippen LogP contribution in [0.4, 0.5) is 0 Å². The quantitative estimate of drug-likeness (QED) is 0.505. The van der Waals surface area contributed by atoms with Crippen LogP contribution in [-0.4, -0.2) is 20.7 Å². The van der Waals surface area contributed by atoms with Crippen LogP contribution in [0, 0.1) is 0 Å². The lowest BCUT2D eigenvalue weighted by Gasteiger charge is -1.99. The van der Waals surface area contributed by atoms with Gasteiger partial charge in [0.2, 0.25) is 0 Å². The molecule has 1 aromatic rings. The Hall–Kier alpha value is -2.38. The van der Waals surface area contributed by atoms with E-state index >= 15 is 0 Å². The number of carbonyl (C=O) groups excluding carboxylic acids is 1. The monoisotopic (exact) mass is 199 g/mol. The highest BCUT2D eigenvalue weighted by atomic mass is 16.7. The van der Waals surface area contributed by atoms with Gasteiger partial charge in [0.15, 0.2) is 0 Å². The summed E-state index contributed by atoms with van der Waals surface area (Å²) in [4.78, 5) is 50.5. The molecule has 1 aromatic heterocycles. The van der Waals surface area contributed by atoms with E-state index in [-0.39, 0.29) is 4.73 Å². The molecule has 74 valence electrons. The largest absolute Gasteiger partial charge is 0.367 e. The van der Waals surface area contributed by atoms with Crippen LogP contribution in [0.25, 0.3) is 0 Å².